The van der Waals surface area contributed by atoms with Gasteiger partial charge in [0, 0.05) is 30.6 Å². The maximum atomic E-state index is 11.7. The molecule has 0 aliphatic heterocycles. The summed E-state index contributed by atoms with van der Waals surface area (Å²) in [6.45, 7) is 0. The lowest BCUT2D eigenvalue weighted by atomic mass is 10.2. The molecule has 0 unspecified atom stereocenters. The van der Waals surface area contributed by atoms with E-state index >= 15 is 0 Å². The van der Waals surface area contributed by atoms with Gasteiger partial charge in [-0.15, -0.1) is 0 Å². The summed E-state index contributed by atoms with van der Waals surface area (Å²) in [6.07, 6.45) is 3.37. The maximum absolute atomic E-state index is 11.7. The Morgan fingerprint density at radius 3 is 2.91 bits per heavy atom. The van der Waals surface area contributed by atoms with Crippen LogP contribution in [0.2, 0.25) is 5.02 Å². The van der Waals surface area contributed by atoms with Crippen LogP contribution in [-0.4, -0.2) is 21.6 Å². The summed E-state index contributed by atoms with van der Waals surface area (Å²) in [4.78, 5) is 21.9. The van der Waals surface area contributed by atoms with E-state index < -0.39 is 4.92 Å². The van der Waals surface area contributed by atoms with E-state index in [0.29, 0.717) is 5.56 Å². The summed E-state index contributed by atoms with van der Waals surface area (Å²) in [5, 5.41) is 14.6. The number of carbonyl (C=O) groups excluding carboxylic acids is 1. The van der Waals surface area contributed by atoms with E-state index in [1.54, 1.807) is 6.07 Å². The highest BCUT2D eigenvalue weighted by Gasteiger charge is 2.11. The lowest BCUT2D eigenvalue weighted by Crippen LogP contribution is -2.20. The van der Waals surface area contributed by atoms with Gasteiger partial charge < -0.3 is 4.57 Å². The Labute approximate surface area is 131 Å². The van der Waals surface area contributed by atoms with Gasteiger partial charge in [0.2, 0.25) is 5.91 Å². The number of halogens is 1. The van der Waals surface area contributed by atoms with E-state index in [2.05, 4.69) is 10.5 Å². The lowest BCUT2D eigenvalue weighted by molar-refractivity contribution is -0.384. The molecule has 1 heterocycles. The molecule has 2 rings (SSSR count). The molecule has 0 aliphatic rings. The number of aromatic nitrogens is 1. The van der Waals surface area contributed by atoms with Crippen molar-refractivity contribution in [1.82, 2.24) is 9.99 Å². The van der Waals surface area contributed by atoms with Crippen molar-refractivity contribution in [3.05, 3.63) is 62.9 Å². The molecule has 0 saturated heterocycles. The lowest BCUT2D eigenvalue weighted by Gasteiger charge is -2.02. The third-order valence-corrected chi connectivity index (χ3v) is 3.28. The normalized spacial score (nSPS) is 10.8. The Morgan fingerprint density at radius 2 is 2.27 bits per heavy atom. The van der Waals surface area contributed by atoms with Crippen molar-refractivity contribution in [2.75, 3.05) is 0 Å². The smallest absolute Gasteiger partial charge is 0.288 e. The molecule has 0 fully saturated rings. The summed E-state index contributed by atoms with van der Waals surface area (Å²) in [5.74, 6) is -0.276. The average molecular weight is 321 g/mol. The van der Waals surface area contributed by atoms with Crippen LogP contribution in [0.1, 0.15) is 11.3 Å². The van der Waals surface area contributed by atoms with E-state index in [9.17, 15) is 14.9 Å². The molecule has 1 aromatic carbocycles. The van der Waals surface area contributed by atoms with Crippen LogP contribution < -0.4 is 5.43 Å². The second-order valence-corrected chi connectivity index (χ2v) is 4.96. The molecule has 1 amide bonds. The van der Waals surface area contributed by atoms with Crippen LogP contribution in [0.3, 0.4) is 0 Å². The largest absolute Gasteiger partial charge is 0.354 e. The highest BCUT2D eigenvalue weighted by Crippen LogP contribution is 2.24. The van der Waals surface area contributed by atoms with Crippen LogP contribution in [0.25, 0.3) is 0 Å². The minimum atomic E-state index is -0.576. The number of amides is 1. The van der Waals surface area contributed by atoms with Crippen LogP contribution >= 0.6 is 11.6 Å². The Hall–Kier alpha value is -2.67. The number of hydrazone groups is 1. The number of aryl methyl sites for hydroxylation is 1. The fourth-order valence-corrected chi connectivity index (χ4v) is 2.00. The first-order valence-corrected chi connectivity index (χ1v) is 6.71. The number of nitro benzene ring substituents is 1. The molecule has 1 aromatic heterocycles. The number of hydrogen-bond donors (Lipinski definition) is 1. The SMILES string of the molecule is Cn1cccc1CC(=O)N/N=C\c1ccc(Cl)c([N+](=O)[O-])c1. The Morgan fingerprint density at radius 1 is 1.50 bits per heavy atom. The predicted molar refractivity (Wildman–Crippen MR) is 83.0 cm³/mol. The molecule has 0 atom stereocenters. The number of carbonyl (C=O) groups is 1. The minimum Gasteiger partial charge on any atom is -0.354 e. The first kappa shape index (κ1) is 15.7. The molecule has 0 saturated carbocycles. The van der Waals surface area contributed by atoms with Gasteiger partial charge in [-0.1, -0.05) is 17.7 Å². The van der Waals surface area contributed by atoms with Gasteiger partial charge >= 0.3 is 0 Å². The molecular formula is C14H13ClN4O3. The van der Waals surface area contributed by atoms with Crippen molar-refractivity contribution in [3.63, 3.8) is 0 Å². The molecule has 0 bridgehead atoms. The molecule has 2 aromatic rings. The summed E-state index contributed by atoms with van der Waals surface area (Å²) < 4.78 is 1.84. The average Bonchev–Trinajstić information content (AvgIpc) is 2.85. The van der Waals surface area contributed by atoms with E-state index in [1.807, 2.05) is 29.9 Å². The van der Waals surface area contributed by atoms with Crippen molar-refractivity contribution in [1.29, 1.82) is 0 Å². The fraction of sp³-hybridized carbons (Fsp3) is 0.143. The Balaban J connectivity index is 1.98. The number of nitrogens with zero attached hydrogens (tertiary/aromatic N) is 3. The zero-order chi connectivity index (χ0) is 16.1. The summed E-state index contributed by atoms with van der Waals surface area (Å²) >= 11 is 5.71. The van der Waals surface area contributed by atoms with Crippen LogP contribution in [0, 0.1) is 10.1 Å². The second kappa shape index (κ2) is 6.86. The van der Waals surface area contributed by atoms with Gasteiger partial charge in [-0.3, -0.25) is 14.9 Å². The summed E-state index contributed by atoms with van der Waals surface area (Å²) in [7, 11) is 1.85. The first-order chi connectivity index (χ1) is 10.5. The topological polar surface area (TPSA) is 89.5 Å². The number of hydrogen-bond acceptors (Lipinski definition) is 4. The van der Waals surface area contributed by atoms with Crippen LogP contribution in [0.15, 0.2) is 41.6 Å². The van der Waals surface area contributed by atoms with Gasteiger partial charge in [0.05, 0.1) is 17.6 Å². The fourth-order valence-electron chi connectivity index (χ4n) is 1.81. The van der Waals surface area contributed by atoms with Gasteiger partial charge in [0.1, 0.15) is 5.02 Å². The first-order valence-electron chi connectivity index (χ1n) is 6.33. The standard InChI is InChI=1S/C14H13ClN4O3/c1-18-6-2-3-11(18)8-14(20)17-16-9-10-4-5-12(15)13(7-10)19(21)22/h2-7,9H,8H2,1H3,(H,17,20)/b16-9-. The van der Waals surface area contributed by atoms with Crippen molar-refractivity contribution >= 4 is 29.4 Å². The highest BCUT2D eigenvalue weighted by atomic mass is 35.5. The molecule has 1 N–H and O–H groups in total. The number of nitrogens with one attached hydrogen (secondary N) is 1. The quantitative estimate of drug-likeness (QED) is 0.520. The minimum absolute atomic E-state index is 0.0508. The molecule has 0 spiro atoms. The summed E-state index contributed by atoms with van der Waals surface area (Å²) in [5.41, 5.74) is 3.49. The third-order valence-electron chi connectivity index (χ3n) is 2.96. The maximum Gasteiger partial charge on any atom is 0.288 e. The zero-order valence-corrected chi connectivity index (χ0v) is 12.4. The van der Waals surface area contributed by atoms with Crippen LogP contribution in [-0.2, 0) is 18.3 Å². The van der Waals surface area contributed by atoms with E-state index in [-0.39, 0.29) is 23.0 Å². The Kier molecular flexibility index (Phi) is 4.90. The van der Waals surface area contributed by atoms with Gasteiger partial charge in [-0.2, -0.15) is 5.10 Å². The third kappa shape index (κ3) is 3.92. The van der Waals surface area contributed by atoms with E-state index in [1.165, 1.54) is 18.3 Å². The molecule has 0 radical (unpaired) electrons. The molecule has 7 nitrogen and oxygen atoms in total. The second-order valence-electron chi connectivity index (χ2n) is 4.55. The molecule has 22 heavy (non-hydrogen) atoms. The number of benzene rings is 1. The monoisotopic (exact) mass is 320 g/mol. The summed E-state index contributed by atoms with van der Waals surface area (Å²) in [6, 6.07) is 7.95. The van der Waals surface area contributed by atoms with E-state index in [0.717, 1.165) is 5.69 Å². The molecular weight excluding hydrogens is 308 g/mol. The van der Waals surface area contributed by atoms with Gasteiger partial charge in [0.15, 0.2) is 0 Å². The van der Waals surface area contributed by atoms with Crippen molar-refractivity contribution in [3.8, 4) is 0 Å². The van der Waals surface area contributed by atoms with Gasteiger partial charge in [-0.05, 0) is 18.2 Å². The van der Waals surface area contributed by atoms with Gasteiger partial charge in [-0.25, -0.2) is 5.43 Å². The van der Waals surface area contributed by atoms with Crippen LogP contribution in [0.4, 0.5) is 5.69 Å². The van der Waals surface area contributed by atoms with Crippen molar-refractivity contribution in [2.45, 2.75) is 6.42 Å². The van der Waals surface area contributed by atoms with Crippen molar-refractivity contribution in [2.24, 2.45) is 12.1 Å². The zero-order valence-electron chi connectivity index (χ0n) is 11.7. The Bertz CT molecular complexity index is 739. The van der Waals surface area contributed by atoms with Crippen molar-refractivity contribution < 1.29 is 9.72 Å². The van der Waals surface area contributed by atoms with Gasteiger partial charge in [0.25, 0.3) is 5.69 Å². The highest BCUT2D eigenvalue weighted by molar-refractivity contribution is 6.32. The molecule has 114 valence electrons. The molecule has 0 aliphatic carbocycles. The van der Waals surface area contributed by atoms with Crippen LogP contribution in [0.5, 0.6) is 0 Å². The molecule has 8 heteroatoms. The number of nitro groups is 1. The number of rotatable bonds is 5. The van der Waals surface area contributed by atoms with E-state index in [4.69, 9.17) is 11.6 Å². The predicted octanol–water partition coefficient (Wildman–Crippen LogP) is 2.28.